The van der Waals surface area contributed by atoms with Crippen molar-refractivity contribution in [1.82, 2.24) is 0 Å². The molecule has 1 aromatic rings. The molecule has 1 amide bonds. The summed E-state index contributed by atoms with van der Waals surface area (Å²) in [5.74, 6) is -1.31. The van der Waals surface area contributed by atoms with Gasteiger partial charge >= 0.3 is 5.97 Å². The molecule has 0 unspecified atom stereocenters. The Bertz CT molecular complexity index is 741. The minimum Gasteiger partial charge on any atom is -0.462 e. The van der Waals surface area contributed by atoms with E-state index in [4.69, 9.17) is 10.5 Å². The Hall–Kier alpha value is -2.87. The number of benzene rings is 1. The van der Waals surface area contributed by atoms with Gasteiger partial charge in [-0.25, -0.2) is 4.79 Å². The molecule has 0 spiro atoms. The number of esters is 1. The van der Waals surface area contributed by atoms with Gasteiger partial charge in [0, 0.05) is 6.42 Å². The number of nitrogens with zero attached hydrogens (tertiary/aromatic N) is 1. The van der Waals surface area contributed by atoms with Crippen molar-refractivity contribution in [3.63, 3.8) is 0 Å². The van der Waals surface area contributed by atoms with Crippen molar-refractivity contribution in [3.8, 4) is 6.07 Å². The molecule has 0 bridgehead atoms. The topological polar surface area (TPSA) is 93.2 Å². The molecule has 1 aromatic carbocycles. The first-order valence-corrected chi connectivity index (χ1v) is 7.35. The van der Waals surface area contributed by atoms with E-state index < -0.39 is 17.3 Å². The lowest BCUT2D eigenvalue weighted by Crippen LogP contribution is -2.36. The van der Waals surface area contributed by atoms with Crippen LogP contribution in [0.1, 0.15) is 25.8 Å². The molecule has 1 atom stereocenters. The number of amides is 1. The smallest absolute Gasteiger partial charge is 0.338 e. The molecule has 5 heteroatoms. The third-order valence-corrected chi connectivity index (χ3v) is 3.97. The molecule has 0 radical (unpaired) electrons. The van der Waals surface area contributed by atoms with Crippen LogP contribution in [-0.2, 0) is 14.3 Å². The maximum atomic E-state index is 12.4. The van der Waals surface area contributed by atoms with Crippen LogP contribution in [0.2, 0.25) is 0 Å². The van der Waals surface area contributed by atoms with E-state index in [1.165, 1.54) is 0 Å². The van der Waals surface area contributed by atoms with Gasteiger partial charge in [0.1, 0.15) is 0 Å². The molecule has 23 heavy (non-hydrogen) atoms. The number of allylic oxidation sites excluding steroid dienone is 2. The van der Waals surface area contributed by atoms with Crippen molar-refractivity contribution in [2.45, 2.75) is 20.3 Å². The Morgan fingerprint density at radius 2 is 2.04 bits per heavy atom. The fraction of sp³-hybridized carbons (Fsp3) is 0.278. The Kier molecular flexibility index (Phi) is 4.65. The number of carbonyl (C=O) groups is 2. The summed E-state index contributed by atoms with van der Waals surface area (Å²) in [7, 11) is 0. The van der Waals surface area contributed by atoms with Crippen LogP contribution in [0, 0.1) is 16.7 Å². The summed E-state index contributed by atoms with van der Waals surface area (Å²) in [5, 5.41) is 9.61. The van der Waals surface area contributed by atoms with Crippen molar-refractivity contribution < 1.29 is 14.3 Å². The highest BCUT2D eigenvalue weighted by Crippen LogP contribution is 2.50. The van der Waals surface area contributed by atoms with Crippen LogP contribution >= 0.6 is 0 Å². The predicted molar refractivity (Wildman–Crippen MR) is 85.6 cm³/mol. The Morgan fingerprint density at radius 3 is 2.52 bits per heavy atom. The molecule has 1 aliphatic carbocycles. The number of carbonyl (C=O) groups excluding carboxylic acids is 2. The minimum atomic E-state index is -1.54. The molecule has 5 nitrogen and oxygen atoms in total. The van der Waals surface area contributed by atoms with Crippen LogP contribution in [0.25, 0.3) is 5.57 Å². The quantitative estimate of drug-likeness (QED) is 0.864. The van der Waals surface area contributed by atoms with Crippen molar-refractivity contribution >= 4 is 17.4 Å². The van der Waals surface area contributed by atoms with Gasteiger partial charge in [-0.15, -0.1) is 0 Å². The van der Waals surface area contributed by atoms with Gasteiger partial charge in [-0.05, 0) is 30.6 Å². The lowest BCUT2D eigenvalue weighted by molar-refractivity contribution is -0.138. The van der Waals surface area contributed by atoms with Gasteiger partial charge in [0.05, 0.1) is 18.2 Å². The fourth-order valence-corrected chi connectivity index (χ4v) is 2.91. The third-order valence-electron chi connectivity index (χ3n) is 3.97. The van der Waals surface area contributed by atoms with Gasteiger partial charge in [-0.3, -0.25) is 4.79 Å². The highest BCUT2D eigenvalue weighted by atomic mass is 16.5. The number of rotatable bonds is 4. The first-order chi connectivity index (χ1) is 11.0. The number of hydrogen-bond donors (Lipinski definition) is 1. The highest BCUT2D eigenvalue weighted by molar-refractivity contribution is 6.09. The lowest BCUT2D eigenvalue weighted by Gasteiger charge is -2.19. The SMILES string of the molecule is C/C=C1\C(C(=O)OCC)=C(c2ccccc2)C[C@]1(C#N)C(N)=O. The molecule has 1 aliphatic rings. The molecule has 0 saturated carbocycles. The van der Waals surface area contributed by atoms with Gasteiger partial charge in [0.15, 0.2) is 5.41 Å². The van der Waals surface area contributed by atoms with E-state index in [-0.39, 0.29) is 18.6 Å². The van der Waals surface area contributed by atoms with Gasteiger partial charge < -0.3 is 10.5 Å². The monoisotopic (exact) mass is 310 g/mol. The molecular formula is C18H18N2O3. The number of primary amides is 1. The number of hydrogen-bond acceptors (Lipinski definition) is 4. The zero-order valence-electron chi connectivity index (χ0n) is 13.1. The molecule has 2 rings (SSSR count). The van der Waals surface area contributed by atoms with Crippen LogP contribution in [0.15, 0.2) is 47.6 Å². The van der Waals surface area contributed by atoms with Gasteiger partial charge in [0.2, 0.25) is 5.91 Å². The minimum absolute atomic E-state index is 0.0661. The Labute approximate surface area is 135 Å². The Balaban J connectivity index is 2.71. The lowest BCUT2D eigenvalue weighted by atomic mass is 9.79. The van der Waals surface area contributed by atoms with Crippen LogP contribution in [0.3, 0.4) is 0 Å². The van der Waals surface area contributed by atoms with E-state index in [0.29, 0.717) is 11.1 Å². The van der Waals surface area contributed by atoms with E-state index in [1.807, 2.05) is 36.4 Å². The van der Waals surface area contributed by atoms with Crippen molar-refractivity contribution in [2.75, 3.05) is 6.61 Å². The molecule has 2 N–H and O–H groups in total. The second-order valence-electron chi connectivity index (χ2n) is 5.20. The molecule has 0 aromatic heterocycles. The second-order valence-corrected chi connectivity index (χ2v) is 5.20. The van der Waals surface area contributed by atoms with E-state index >= 15 is 0 Å². The largest absolute Gasteiger partial charge is 0.462 e. The zero-order chi connectivity index (χ0) is 17.0. The summed E-state index contributed by atoms with van der Waals surface area (Å²) in [6, 6.07) is 11.2. The molecule has 0 saturated heterocycles. The van der Waals surface area contributed by atoms with Crippen LogP contribution in [-0.4, -0.2) is 18.5 Å². The first kappa shape index (κ1) is 16.5. The summed E-state index contributed by atoms with van der Waals surface area (Å²) in [4.78, 5) is 24.4. The number of nitrogens with two attached hydrogens (primary N) is 1. The molecule has 118 valence electrons. The average molecular weight is 310 g/mol. The van der Waals surface area contributed by atoms with Crippen molar-refractivity contribution in [2.24, 2.45) is 11.1 Å². The number of ether oxygens (including phenoxy) is 1. The third kappa shape index (κ3) is 2.64. The standard InChI is InChI=1S/C18H18N2O3/c1-3-14-15(16(21)23-4-2)13(12-8-6-5-7-9-12)10-18(14,11-19)17(20)22/h3,5-9H,4,10H2,1-2H3,(H2,20,22)/b14-3+/t18-/m1/s1. The van der Waals surface area contributed by atoms with Gasteiger partial charge in [-0.2, -0.15) is 5.26 Å². The molecule has 0 aliphatic heterocycles. The number of nitriles is 1. The average Bonchev–Trinajstić information content (AvgIpc) is 2.91. The predicted octanol–water partition coefficient (Wildman–Crippen LogP) is 2.35. The summed E-state index contributed by atoms with van der Waals surface area (Å²) in [6.45, 7) is 3.59. The maximum absolute atomic E-state index is 12.4. The zero-order valence-corrected chi connectivity index (χ0v) is 13.1. The van der Waals surface area contributed by atoms with Crippen LogP contribution in [0.4, 0.5) is 0 Å². The normalized spacial score (nSPS) is 22.0. The van der Waals surface area contributed by atoms with E-state index in [2.05, 4.69) is 0 Å². The van der Waals surface area contributed by atoms with Crippen molar-refractivity contribution in [3.05, 3.63) is 53.1 Å². The van der Waals surface area contributed by atoms with Gasteiger partial charge in [-0.1, -0.05) is 36.4 Å². The highest BCUT2D eigenvalue weighted by Gasteiger charge is 2.50. The van der Waals surface area contributed by atoms with E-state index in [1.54, 1.807) is 19.9 Å². The first-order valence-electron chi connectivity index (χ1n) is 7.35. The van der Waals surface area contributed by atoms with E-state index in [0.717, 1.165) is 5.56 Å². The van der Waals surface area contributed by atoms with Crippen LogP contribution in [0.5, 0.6) is 0 Å². The second kappa shape index (κ2) is 6.49. The van der Waals surface area contributed by atoms with Gasteiger partial charge in [0.25, 0.3) is 0 Å². The fourth-order valence-electron chi connectivity index (χ4n) is 2.91. The molecule has 0 heterocycles. The summed E-state index contributed by atoms with van der Waals surface area (Å²) >= 11 is 0. The summed E-state index contributed by atoms with van der Waals surface area (Å²) < 4.78 is 5.13. The Morgan fingerprint density at radius 1 is 1.39 bits per heavy atom. The maximum Gasteiger partial charge on any atom is 0.338 e. The summed E-state index contributed by atoms with van der Waals surface area (Å²) in [6.07, 6.45) is 1.66. The van der Waals surface area contributed by atoms with Crippen LogP contribution < -0.4 is 5.73 Å². The van der Waals surface area contributed by atoms with E-state index in [9.17, 15) is 14.9 Å². The molecule has 0 fully saturated rings. The molecular weight excluding hydrogens is 292 g/mol. The van der Waals surface area contributed by atoms with Crippen molar-refractivity contribution in [1.29, 1.82) is 5.26 Å². The summed E-state index contributed by atoms with van der Waals surface area (Å²) in [5.41, 5.74) is 5.93.